The summed E-state index contributed by atoms with van der Waals surface area (Å²) in [6.07, 6.45) is -4.29. The standard InChI is InChI=1S/C14H19F3N4O.C2HF3O2/c15-14(16,17)12-11(20-9-3-1-8(18)2-4-9)7-19-21(13(12)22)10-5-6-10;3-2(4,5)1(6)7/h7-10,20H,1-6,18H2;(H,6,7). The summed E-state index contributed by atoms with van der Waals surface area (Å²) in [4.78, 5) is 21.0. The number of carbonyl (C=O) groups is 1. The molecule has 0 aromatic carbocycles. The van der Waals surface area contributed by atoms with Crippen molar-refractivity contribution in [1.82, 2.24) is 9.78 Å². The maximum atomic E-state index is 13.3. The predicted molar refractivity (Wildman–Crippen MR) is 89.3 cm³/mol. The Bertz CT molecular complexity index is 780. The van der Waals surface area contributed by atoms with Crippen LogP contribution in [0.5, 0.6) is 0 Å². The van der Waals surface area contributed by atoms with Crippen LogP contribution in [0.4, 0.5) is 32.0 Å². The van der Waals surface area contributed by atoms with Crippen molar-refractivity contribution in [3.05, 3.63) is 22.1 Å². The normalized spacial score (nSPS) is 22.4. The van der Waals surface area contributed by atoms with E-state index in [4.69, 9.17) is 15.6 Å². The van der Waals surface area contributed by atoms with Crippen molar-refractivity contribution in [3.8, 4) is 0 Å². The molecule has 0 bridgehead atoms. The molecule has 164 valence electrons. The van der Waals surface area contributed by atoms with Gasteiger partial charge in [-0.05, 0) is 38.5 Å². The number of nitrogens with zero attached hydrogens (tertiary/aromatic N) is 2. The van der Waals surface area contributed by atoms with E-state index in [1.165, 1.54) is 0 Å². The highest BCUT2D eigenvalue weighted by molar-refractivity contribution is 5.73. The molecule has 4 N–H and O–H groups in total. The number of nitrogens with one attached hydrogen (secondary N) is 1. The fourth-order valence-corrected chi connectivity index (χ4v) is 2.91. The van der Waals surface area contributed by atoms with Crippen molar-refractivity contribution in [1.29, 1.82) is 0 Å². The first-order chi connectivity index (χ1) is 13.3. The third-order valence-corrected chi connectivity index (χ3v) is 4.55. The van der Waals surface area contributed by atoms with Crippen LogP contribution < -0.4 is 16.6 Å². The highest BCUT2D eigenvalue weighted by Crippen LogP contribution is 2.36. The first kappa shape index (κ1) is 23.0. The summed E-state index contributed by atoms with van der Waals surface area (Å²) >= 11 is 0. The lowest BCUT2D eigenvalue weighted by molar-refractivity contribution is -0.192. The number of nitrogens with two attached hydrogens (primary N) is 1. The molecule has 0 radical (unpaired) electrons. The van der Waals surface area contributed by atoms with E-state index >= 15 is 0 Å². The van der Waals surface area contributed by atoms with Crippen molar-refractivity contribution in [3.63, 3.8) is 0 Å². The van der Waals surface area contributed by atoms with Crippen LogP contribution in [0.2, 0.25) is 0 Å². The number of halogens is 6. The number of hydrogen-bond acceptors (Lipinski definition) is 5. The molecule has 1 aromatic rings. The van der Waals surface area contributed by atoms with Crippen LogP contribution in [0, 0.1) is 0 Å². The summed E-state index contributed by atoms with van der Waals surface area (Å²) in [5.41, 5.74) is 3.40. The van der Waals surface area contributed by atoms with Gasteiger partial charge in [0.1, 0.15) is 5.56 Å². The maximum absolute atomic E-state index is 13.3. The quantitative estimate of drug-likeness (QED) is 0.636. The molecule has 0 atom stereocenters. The molecule has 1 heterocycles. The summed E-state index contributed by atoms with van der Waals surface area (Å²) in [5.74, 6) is -2.76. The monoisotopic (exact) mass is 430 g/mol. The lowest BCUT2D eigenvalue weighted by Crippen LogP contribution is -2.36. The number of hydrogen-bond donors (Lipinski definition) is 3. The average molecular weight is 430 g/mol. The Morgan fingerprint density at radius 3 is 2.03 bits per heavy atom. The van der Waals surface area contributed by atoms with E-state index in [-0.39, 0.29) is 23.8 Å². The fourth-order valence-electron chi connectivity index (χ4n) is 2.91. The Labute approximate surface area is 160 Å². The topological polar surface area (TPSA) is 110 Å². The minimum Gasteiger partial charge on any atom is -0.475 e. The van der Waals surface area contributed by atoms with Gasteiger partial charge in [-0.2, -0.15) is 31.4 Å². The van der Waals surface area contributed by atoms with Crippen molar-refractivity contribution >= 4 is 11.7 Å². The first-order valence-electron chi connectivity index (χ1n) is 8.82. The van der Waals surface area contributed by atoms with Gasteiger partial charge in [0, 0.05) is 12.1 Å². The summed E-state index contributed by atoms with van der Waals surface area (Å²) in [7, 11) is 0. The largest absolute Gasteiger partial charge is 0.490 e. The number of anilines is 1. The van der Waals surface area contributed by atoms with Crippen LogP contribution in [0.3, 0.4) is 0 Å². The van der Waals surface area contributed by atoms with E-state index < -0.39 is 29.4 Å². The van der Waals surface area contributed by atoms with Crippen molar-refractivity contribution in [2.45, 2.75) is 69.0 Å². The summed E-state index contributed by atoms with van der Waals surface area (Å²) in [6, 6.07) is -0.171. The molecule has 0 saturated heterocycles. The van der Waals surface area contributed by atoms with Gasteiger partial charge in [0.15, 0.2) is 0 Å². The molecule has 2 saturated carbocycles. The second-order valence-electron chi connectivity index (χ2n) is 6.97. The lowest BCUT2D eigenvalue weighted by Gasteiger charge is -2.28. The first-order valence-corrected chi connectivity index (χ1v) is 8.82. The number of alkyl halides is 6. The van der Waals surface area contributed by atoms with Crippen molar-refractivity contribution in [2.24, 2.45) is 5.73 Å². The van der Waals surface area contributed by atoms with Crippen molar-refractivity contribution in [2.75, 3.05) is 5.32 Å². The molecule has 3 rings (SSSR count). The van der Waals surface area contributed by atoms with E-state index in [9.17, 15) is 31.1 Å². The number of carboxylic acid groups (broad SMARTS) is 1. The number of aromatic nitrogens is 2. The Morgan fingerprint density at radius 1 is 1.10 bits per heavy atom. The van der Waals surface area contributed by atoms with E-state index in [1.54, 1.807) is 0 Å². The highest BCUT2D eigenvalue weighted by Gasteiger charge is 2.40. The van der Waals surface area contributed by atoms with E-state index in [2.05, 4.69) is 10.4 Å². The average Bonchev–Trinajstić information content (AvgIpc) is 3.40. The van der Waals surface area contributed by atoms with Gasteiger partial charge in [0.25, 0.3) is 5.56 Å². The third kappa shape index (κ3) is 6.34. The fraction of sp³-hybridized carbons (Fsp3) is 0.688. The van der Waals surface area contributed by atoms with Crippen LogP contribution in [0.15, 0.2) is 11.0 Å². The molecule has 13 heteroatoms. The van der Waals surface area contributed by atoms with Crippen LogP contribution in [0.1, 0.15) is 50.1 Å². The Balaban J connectivity index is 0.000000370. The maximum Gasteiger partial charge on any atom is 0.490 e. The second kappa shape index (κ2) is 8.59. The minimum absolute atomic E-state index is 0.0983. The van der Waals surface area contributed by atoms with Gasteiger partial charge in [0.2, 0.25) is 0 Å². The molecule has 2 aliphatic rings. The molecule has 2 fully saturated rings. The third-order valence-electron chi connectivity index (χ3n) is 4.55. The van der Waals surface area contributed by atoms with Gasteiger partial charge >= 0.3 is 18.3 Å². The zero-order valence-electron chi connectivity index (χ0n) is 15.1. The zero-order chi connectivity index (χ0) is 22.0. The highest BCUT2D eigenvalue weighted by atomic mass is 19.4. The van der Waals surface area contributed by atoms with E-state index in [1.807, 2.05) is 0 Å². The smallest absolute Gasteiger partial charge is 0.475 e. The van der Waals surface area contributed by atoms with Gasteiger partial charge in [0.05, 0.1) is 17.9 Å². The summed E-state index contributed by atoms with van der Waals surface area (Å²) in [5, 5.41) is 13.9. The lowest BCUT2D eigenvalue weighted by atomic mass is 9.91. The minimum atomic E-state index is -5.08. The molecule has 2 aliphatic carbocycles. The molecule has 1 aromatic heterocycles. The molecule has 7 nitrogen and oxygen atoms in total. The van der Waals surface area contributed by atoms with E-state index in [0.717, 1.165) is 23.7 Å². The molecular weight excluding hydrogens is 410 g/mol. The van der Waals surface area contributed by atoms with Gasteiger partial charge < -0.3 is 16.2 Å². The van der Waals surface area contributed by atoms with Gasteiger partial charge in [-0.15, -0.1) is 0 Å². The molecule has 29 heavy (non-hydrogen) atoms. The van der Waals surface area contributed by atoms with Gasteiger partial charge in [-0.1, -0.05) is 0 Å². The number of rotatable bonds is 3. The molecule has 0 unspecified atom stereocenters. The van der Waals surface area contributed by atoms with Crippen molar-refractivity contribution < 1.29 is 36.2 Å². The molecular formula is C16H20F6N4O3. The zero-order valence-corrected chi connectivity index (χ0v) is 15.1. The molecule has 0 amide bonds. The van der Waals surface area contributed by atoms with E-state index in [0.29, 0.717) is 25.7 Å². The SMILES string of the molecule is NC1CCC(Nc2cnn(C3CC3)c(=O)c2C(F)(F)F)CC1.O=C(O)C(F)(F)F. The van der Waals surface area contributed by atoms with Crippen LogP contribution in [-0.2, 0) is 11.0 Å². The van der Waals surface area contributed by atoms with Gasteiger partial charge in [-0.25, -0.2) is 9.48 Å². The Hall–Kier alpha value is -2.31. The molecule has 0 spiro atoms. The summed E-state index contributed by atoms with van der Waals surface area (Å²) in [6.45, 7) is 0. The van der Waals surface area contributed by atoms with Gasteiger partial charge in [-0.3, -0.25) is 4.79 Å². The number of carboxylic acids is 1. The predicted octanol–water partition coefficient (Wildman–Crippen LogP) is 2.91. The second-order valence-corrected chi connectivity index (χ2v) is 6.97. The molecule has 0 aliphatic heterocycles. The Kier molecular flexibility index (Phi) is 6.81. The van der Waals surface area contributed by atoms with Crippen LogP contribution >= 0.6 is 0 Å². The Morgan fingerprint density at radius 2 is 1.62 bits per heavy atom. The summed E-state index contributed by atoms with van der Waals surface area (Å²) < 4.78 is 72.6. The van der Waals surface area contributed by atoms with Crippen LogP contribution in [-0.4, -0.2) is 39.1 Å². The van der Waals surface area contributed by atoms with Crippen LogP contribution in [0.25, 0.3) is 0 Å². The number of aliphatic carboxylic acids is 1.